The van der Waals surface area contributed by atoms with Crippen molar-refractivity contribution in [1.29, 1.82) is 0 Å². The van der Waals surface area contributed by atoms with Crippen LogP contribution < -0.4 is 0 Å². The van der Waals surface area contributed by atoms with Crippen LogP contribution in [-0.4, -0.2) is 0 Å². The highest BCUT2D eigenvalue weighted by atomic mass is 127. The van der Waals surface area contributed by atoms with Gasteiger partial charge in [-0.1, -0.05) is 107 Å². The molecule has 0 bridgehead atoms. The van der Waals surface area contributed by atoms with Crippen LogP contribution in [0.4, 0.5) is 0 Å². The molecule has 0 saturated carbocycles. The Morgan fingerprint density at radius 2 is 1.12 bits per heavy atom. The first-order chi connectivity index (χ1) is 12.3. The summed E-state index contributed by atoms with van der Waals surface area (Å²) in [6.07, 6.45) is 15.2. The smallest absolute Gasteiger partial charge is 0.0208 e. The van der Waals surface area contributed by atoms with Gasteiger partial charge in [0.25, 0.3) is 0 Å². The average Bonchev–Trinajstić information content (AvgIpc) is 2.64. The summed E-state index contributed by atoms with van der Waals surface area (Å²) < 4.78 is 1.34. The summed E-state index contributed by atoms with van der Waals surface area (Å²) in [5, 5.41) is 0. The number of hydrogen-bond acceptors (Lipinski definition) is 0. The highest BCUT2D eigenvalue weighted by molar-refractivity contribution is 14.1. The van der Waals surface area contributed by atoms with Crippen molar-refractivity contribution >= 4 is 22.6 Å². The van der Waals surface area contributed by atoms with E-state index < -0.39 is 0 Å². The van der Waals surface area contributed by atoms with Crippen LogP contribution in [0.3, 0.4) is 0 Å². The van der Waals surface area contributed by atoms with Crippen molar-refractivity contribution < 1.29 is 0 Å². The third-order valence-electron chi connectivity index (χ3n) is 4.98. The molecule has 0 nitrogen and oxygen atoms in total. The van der Waals surface area contributed by atoms with E-state index in [1.54, 1.807) is 0 Å². The van der Waals surface area contributed by atoms with Gasteiger partial charge in [-0.25, -0.2) is 0 Å². The number of halogens is 1. The monoisotopic (exact) mass is 448 g/mol. The number of rotatable bonds is 12. The SMILES string of the molecule is CCCCCCCCCCCCc1ccccc1-c1ccccc1I. The minimum Gasteiger partial charge on any atom is -0.0654 e. The second-order valence-electron chi connectivity index (χ2n) is 7.07. The van der Waals surface area contributed by atoms with Crippen molar-refractivity contribution in [2.75, 3.05) is 0 Å². The Balaban J connectivity index is 1.71. The maximum atomic E-state index is 2.45. The Hall–Kier alpha value is -0.830. The van der Waals surface area contributed by atoms with E-state index in [1.165, 1.54) is 90.9 Å². The lowest BCUT2D eigenvalue weighted by molar-refractivity contribution is 0.556. The highest BCUT2D eigenvalue weighted by Gasteiger charge is 2.07. The van der Waals surface area contributed by atoms with Crippen LogP contribution >= 0.6 is 22.6 Å². The molecular formula is C24H33I. The normalized spacial score (nSPS) is 11.0. The zero-order valence-electron chi connectivity index (χ0n) is 15.8. The van der Waals surface area contributed by atoms with Gasteiger partial charge in [0.05, 0.1) is 0 Å². The maximum Gasteiger partial charge on any atom is 0.0208 e. The largest absolute Gasteiger partial charge is 0.0654 e. The van der Waals surface area contributed by atoms with E-state index in [1.807, 2.05) is 0 Å². The maximum absolute atomic E-state index is 2.45. The molecule has 0 spiro atoms. The minimum absolute atomic E-state index is 1.21. The Labute approximate surface area is 168 Å². The number of aryl methyl sites for hydroxylation is 1. The summed E-state index contributed by atoms with van der Waals surface area (Å²) in [6.45, 7) is 2.29. The van der Waals surface area contributed by atoms with Gasteiger partial charge in [0.1, 0.15) is 0 Å². The molecule has 2 aromatic carbocycles. The Kier molecular flexibility index (Phi) is 10.3. The van der Waals surface area contributed by atoms with Crippen LogP contribution in [0.1, 0.15) is 76.7 Å². The molecule has 2 rings (SSSR count). The third kappa shape index (κ3) is 7.52. The predicted octanol–water partition coefficient (Wildman–Crippen LogP) is 8.42. The van der Waals surface area contributed by atoms with E-state index in [4.69, 9.17) is 0 Å². The van der Waals surface area contributed by atoms with Gasteiger partial charge < -0.3 is 0 Å². The molecule has 136 valence electrons. The van der Waals surface area contributed by atoms with E-state index in [2.05, 4.69) is 78.0 Å². The average molecular weight is 448 g/mol. The highest BCUT2D eigenvalue weighted by Crippen LogP contribution is 2.29. The number of benzene rings is 2. The van der Waals surface area contributed by atoms with Crippen molar-refractivity contribution in [3.05, 3.63) is 57.7 Å². The van der Waals surface area contributed by atoms with Gasteiger partial charge in [0, 0.05) is 3.57 Å². The van der Waals surface area contributed by atoms with E-state index in [-0.39, 0.29) is 0 Å². The van der Waals surface area contributed by atoms with Gasteiger partial charge in [-0.3, -0.25) is 0 Å². The van der Waals surface area contributed by atoms with E-state index in [9.17, 15) is 0 Å². The van der Waals surface area contributed by atoms with E-state index >= 15 is 0 Å². The second kappa shape index (κ2) is 12.5. The van der Waals surface area contributed by atoms with Crippen molar-refractivity contribution in [1.82, 2.24) is 0 Å². The first-order valence-electron chi connectivity index (χ1n) is 10.2. The van der Waals surface area contributed by atoms with Crippen molar-refractivity contribution in [2.45, 2.75) is 77.6 Å². The molecule has 0 saturated heterocycles. The molecule has 0 fully saturated rings. The molecule has 0 atom stereocenters. The van der Waals surface area contributed by atoms with Gasteiger partial charge >= 0.3 is 0 Å². The summed E-state index contributed by atoms with van der Waals surface area (Å²) in [7, 11) is 0. The summed E-state index contributed by atoms with van der Waals surface area (Å²) in [5.41, 5.74) is 4.31. The zero-order chi connectivity index (χ0) is 17.7. The standard InChI is InChI=1S/C24H33I/c1-2-3-4-5-6-7-8-9-10-11-16-21-17-12-13-18-22(21)23-19-14-15-20-24(23)25/h12-15,17-20H,2-11,16H2,1H3. The number of unbranched alkanes of at least 4 members (excludes halogenated alkanes) is 9. The lowest BCUT2D eigenvalue weighted by Crippen LogP contribution is -1.92. The van der Waals surface area contributed by atoms with Gasteiger partial charge in [-0.2, -0.15) is 0 Å². The fourth-order valence-corrected chi connectivity index (χ4v) is 4.16. The summed E-state index contributed by atoms with van der Waals surface area (Å²) in [5.74, 6) is 0. The van der Waals surface area contributed by atoms with Crippen LogP contribution in [0.5, 0.6) is 0 Å². The zero-order valence-corrected chi connectivity index (χ0v) is 17.9. The van der Waals surface area contributed by atoms with Gasteiger partial charge in [0.2, 0.25) is 0 Å². The molecule has 0 aliphatic heterocycles. The van der Waals surface area contributed by atoms with Crippen LogP contribution in [0.2, 0.25) is 0 Å². The lowest BCUT2D eigenvalue weighted by atomic mass is 9.95. The Morgan fingerprint density at radius 3 is 1.76 bits per heavy atom. The molecule has 2 aromatic rings. The summed E-state index contributed by atoms with van der Waals surface area (Å²) in [6, 6.07) is 17.7. The minimum atomic E-state index is 1.21. The fraction of sp³-hybridized carbons (Fsp3) is 0.500. The van der Waals surface area contributed by atoms with Crippen molar-refractivity contribution in [3.8, 4) is 11.1 Å². The summed E-state index contributed by atoms with van der Waals surface area (Å²) in [4.78, 5) is 0. The molecule has 0 radical (unpaired) electrons. The molecule has 0 aromatic heterocycles. The molecule has 0 amide bonds. The van der Waals surface area contributed by atoms with Crippen LogP contribution in [-0.2, 0) is 6.42 Å². The second-order valence-corrected chi connectivity index (χ2v) is 8.23. The Bertz CT molecular complexity index is 603. The summed E-state index contributed by atoms with van der Waals surface area (Å²) >= 11 is 2.45. The molecular weight excluding hydrogens is 415 g/mol. The van der Waals surface area contributed by atoms with Crippen LogP contribution in [0, 0.1) is 3.57 Å². The van der Waals surface area contributed by atoms with E-state index in [0.29, 0.717) is 0 Å². The topological polar surface area (TPSA) is 0 Å². The van der Waals surface area contributed by atoms with Crippen molar-refractivity contribution in [2.24, 2.45) is 0 Å². The molecule has 0 unspecified atom stereocenters. The Morgan fingerprint density at radius 1 is 0.600 bits per heavy atom. The van der Waals surface area contributed by atoms with E-state index in [0.717, 1.165) is 0 Å². The molecule has 0 N–H and O–H groups in total. The van der Waals surface area contributed by atoms with Crippen LogP contribution in [0.15, 0.2) is 48.5 Å². The molecule has 1 heteroatoms. The molecule has 25 heavy (non-hydrogen) atoms. The molecule has 0 heterocycles. The lowest BCUT2D eigenvalue weighted by Gasteiger charge is -2.11. The van der Waals surface area contributed by atoms with Crippen LogP contribution in [0.25, 0.3) is 11.1 Å². The molecule has 0 aliphatic carbocycles. The van der Waals surface area contributed by atoms with Crippen molar-refractivity contribution in [3.63, 3.8) is 0 Å². The predicted molar refractivity (Wildman–Crippen MR) is 120 cm³/mol. The first kappa shape index (κ1) is 20.5. The quantitative estimate of drug-likeness (QED) is 0.226. The molecule has 0 aliphatic rings. The third-order valence-corrected chi connectivity index (χ3v) is 5.92. The van der Waals surface area contributed by atoms with Gasteiger partial charge in [0.15, 0.2) is 0 Å². The van der Waals surface area contributed by atoms with Gasteiger partial charge in [-0.05, 0) is 58.2 Å². The number of hydrogen-bond donors (Lipinski definition) is 0. The first-order valence-corrected chi connectivity index (χ1v) is 11.2. The fourth-order valence-electron chi connectivity index (χ4n) is 3.48. The van der Waals surface area contributed by atoms with Gasteiger partial charge in [-0.15, -0.1) is 0 Å².